The van der Waals surface area contributed by atoms with E-state index in [4.69, 9.17) is 4.74 Å². The van der Waals surface area contributed by atoms with E-state index in [2.05, 4.69) is 4.90 Å². The molecule has 0 aliphatic heterocycles. The molecule has 1 saturated carbocycles. The first-order chi connectivity index (χ1) is 9.11. The lowest BCUT2D eigenvalue weighted by atomic mass is 10.1. The molecule has 1 aliphatic carbocycles. The summed E-state index contributed by atoms with van der Waals surface area (Å²) < 4.78 is 5.04. The molecule has 0 amide bonds. The Labute approximate surface area is 112 Å². The summed E-state index contributed by atoms with van der Waals surface area (Å²) in [6, 6.07) is 4.50. The predicted octanol–water partition coefficient (Wildman–Crippen LogP) is 1.39. The van der Waals surface area contributed by atoms with Crippen LogP contribution in [0.2, 0.25) is 0 Å². The highest BCUT2D eigenvalue weighted by molar-refractivity contribution is 6.00. The number of carbonyl (C=O) groups is 1. The molecule has 19 heavy (non-hydrogen) atoms. The van der Waals surface area contributed by atoms with Gasteiger partial charge in [0.15, 0.2) is 5.78 Å². The van der Waals surface area contributed by atoms with E-state index in [-0.39, 0.29) is 29.4 Å². The van der Waals surface area contributed by atoms with Crippen molar-refractivity contribution in [1.82, 2.24) is 4.90 Å². The fourth-order valence-corrected chi connectivity index (χ4v) is 2.06. The Morgan fingerprint density at radius 2 is 2.16 bits per heavy atom. The topological polar surface area (TPSA) is 70.0 Å². The van der Waals surface area contributed by atoms with E-state index in [0.717, 1.165) is 12.8 Å². The summed E-state index contributed by atoms with van der Waals surface area (Å²) in [5.41, 5.74) is 0.251. The monoisotopic (exact) mass is 265 g/mol. The molecule has 0 aromatic heterocycles. The molecular weight excluding hydrogens is 246 g/mol. The number of methoxy groups -OCH3 is 1. The first-order valence-electron chi connectivity index (χ1n) is 6.40. The van der Waals surface area contributed by atoms with Crippen molar-refractivity contribution in [3.05, 3.63) is 23.8 Å². The second-order valence-corrected chi connectivity index (χ2v) is 4.82. The van der Waals surface area contributed by atoms with E-state index in [1.807, 2.05) is 0 Å². The van der Waals surface area contributed by atoms with Crippen LogP contribution in [0.4, 0.5) is 0 Å². The van der Waals surface area contributed by atoms with Crippen molar-refractivity contribution < 1.29 is 19.7 Å². The molecule has 5 nitrogen and oxygen atoms in total. The molecule has 0 heterocycles. The number of phenolic OH excluding ortho intramolecular Hbond substituents is 2. The van der Waals surface area contributed by atoms with Crippen molar-refractivity contribution in [2.24, 2.45) is 0 Å². The van der Waals surface area contributed by atoms with E-state index in [9.17, 15) is 15.0 Å². The molecule has 0 spiro atoms. The maximum atomic E-state index is 12.2. The Bertz CT molecular complexity index is 457. The van der Waals surface area contributed by atoms with Gasteiger partial charge in [0.2, 0.25) is 0 Å². The number of ether oxygens (including phenoxy) is 1. The van der Waals surface area contributed by atoms with Crippen molar-refractivity contribution in [2.75, 3.05) is 26.8 Å². The maximum absolute atomic E-state index is 12.2. The Morgan fingerprint density at radius 1 is 1.42 bits per heavy atom. The van der Waals surface area contributed by atoms with Gasteiger partial charge in [-0.3, -0.25) is 9.69 Å². The average Bonchev–Trinajstić information content (AvgIpc) is 3.18. The predicted molar refractivity (Wildman–Crippen MR) is 70.6 cm³/mol. The number of benzene rings is 1. The van der Waals surface area contributed by atoms with Crippen molar-refractivity contribution in [3.8, 4) is 11.5 Å². The first kappa shape index (κ1) is 13.8. The van der Waals surface area contributed by atoms with Crippen molar-refractivity contribution in [3.63, 3.8) is 0 Å². The SMILES string of the molecule is COCCN(CC(=O)c1ccc(O)cc1O)C1CC1. The third kappa shape index (κ3) is 3.68. The Hall–Kier alpha value is -1.59. The van der Waals surface area contributed by atoms with Gasteiger partial charge < -0.3 is 14.9 Å². The molecule has 0 radical (unpaired) electrons. The molecule has 1 aromatic rings. The number of aromatic hydroxyl groups is 2. The fraction of sp³-hybridized carbons (Fsp3) is 0.500. The molecule has 5 heteroatoms. The van der Waals surface area contributed by atoms with Gasteiger partial charge in [-0.15, -0.1) is 0 Å². The van der Waals surface area contributed by atoms with Crippen LogP contribution in [0, 0.1) is 0 Å². The number of hydrogen-bond donors (Lipinski definition) is 2. The normalized spacial score (nSPS) is 14.8. The number of Topliss-reactive ketones (excluding diaryl/α,β-unsaturated/α-hetero) is 1. The lowest BCUT2D eigenvalue weighted by Gasteiger charge is -2.20. The summed E-state index contributed by atoms with van der Waals surface area (Å²) >= 11 is 0. The minimum Gasteiger partial charge on any atom is -0.508 e. The Kier molecular flexibility index (Phi) is 4.39. The molecule has 0 saturated heterocycles. The van der Waals surface area contributed by atoms with Crippen molar-refractivity contribution >= 4 is 5.78 Å². The summed E-state index contributed by atoms with van der Waals surface area (Å²) in [5.74, 6) is -0.361. The molecule has 0 atom stereocenters. The van der Waals surface area contributed by atoms with E-state index in [1.54, 1.807) is 7.11 Å². The number of ketones is 1. The second kappa shape index (κ2) is 6.04. The van der Waals surface area contributed by atoms with Crippen LogP contribution in [0.1, 0.15) is 23.2 Å². The van der Waals surface area contributed by atoms with Gasteiger partial charge in [-0.25, -0.2) is 0 Å². The minimum absolute atomic E-state index is 0.0486. The number of hydrogen-bond acceptors (Lipinski definition) is 5. The van der Waals surface area contributed by atoms with Crippen LogP contribution in [0.25, 0.3) is 0 Å². The van der Waals surface area contributed by atoms with E-state index in [1.165, 1.54) is 18.2 Å². The summed E-state index contributed by atoms with van der Waals surface area (Å²) in [6.45, 7) is 1.57. The minimum atomic E-state index is -0.174. The van der Waals surface area contributed by atoms with Crippen LogP contribution in [0.5, 0.6) is 11.5 Å². The van der Waals surface area contributed by atoms with Gasteiger partial charge in [0.1, 0.15) is 11.5 Å². The lowest BCUT2D eigenvalue weighted by molar-refractivity contribution is 0.0883. The van der Waals surface area contributed by atoms with Crippen molar-refractivity contribution in [1.29, 1.82) is 0 Å². The van der Waals surface area contributed by atoms with Gasteiger partial charge in [0.05, 0.1) is 18.7 Å². The smallest absolute Gasteiger partial charge is 0.180 e. The summed E-state index contributed by atoms with van der Waals surface area (Å²) in [7, 11) is 1.64. The molecule has 0 bridgehead atoms. The van der Waals surface area contributed by atoms with Gasteiger partial charge in [0, 0.05) is 25.8 Å². The highest BCUT2D eigenvalue weighted by Crippen LogP contribution is 2.28. The summed E-state index contributed by atoms with van der Waals surface area (Å²) in [4.78, 5) is 14.2. The van der Waals surface area contributed by atoms with Gasteiger partial charge in [-0.05, 0) is 25.0 Å². The quantitative estimate of drug-likeness (QED) is 0.729. The summed E-state index contributed by atoms with van der Waals surface area (Å²) in [6.07, 6.45) is 2.22. The van der Waals surface area contributed by atoms with Gasteiger partial charge in [-0.2, -0.15) is 0 Å². The molecule has 2 rings (SSSR count). The van der Waals surface area contributed by atoms with E-state index in [0.29, 0.717) is 19.2 Å². The number of nitrogens with zero attached hydrogens (tertiary/aromatic N) is 1. The van der Waals surface area contributed by atoms with Gasteiger partial charge in [-0.1, -0.05) is 0 Å². The largest absolute Gasteiger partial charge is 0.508 e. The number of rotatable bonds is 7. The number of carbonyl (C=O) groups excluding carboxylic acids is 1. The zero-order valence-corrected chi connectivity index (χ0v) is 11.0. The molecule has 1 fully saturated rings. The second-order valence-electron chi connectivity index (χ2n) is 4.82. The van der Waals surface area contributed by atoms with Crippen LogP contribution >= 0.6 is 0 Å². The highest BCUT2D eigenvalue weighted by Gasteiger charge is 2.30. The van der Waals surface area contributed by atoms with Crippen LogP contribution in [0.15, 0.2) is 18.2 Å². The van der Waals surface area contributed by atoms with Crippen molar-refractivity contribution in [2.45, 2.75) is 18.9 Å². The average molecular weight is 265 g/mol. The standard InChI is InChI=1S/C14H19NO4/c1-19-7-6-15(10-2-3-10)9-14(18)12-5-4-11(16)8-13(12)17/h4-5,8,10,16-17H,2-3,6-7,9H2,1H3. The highest BCUT2D eigenvalue weighted by atomic mass is 16.5. The van der Waals surface area contributed by atoms with Gasteiger partial charge >= 0.3 is 0 Å². The molecule has 2 N–H and O–H groups in total. The zero-order chi connectivity index (χ0) is 13.8. The van der Waals surface area contributed by atoms with E-state index < -0.39 is 0 Å². The summed E-state index contributed by atoms with van der Waals surface area (Å²) in [5, 5.41) is 18.9. The molecule has 1 aliphatic rings. The van der Waals surface area contributed by atoms with Crippen LogP contribution in [0.3, 0.4) is 0 Å². The molecule has 1 aromatic carbocycles. The molecular formula is C14H19NO4. The Morgan fingerprint density at radius 3 is 2.74 bits per heavy atom. The third-order valence-electron chi connectivity index (χ3n) is 3.27. The first-order valence-corrected chi connectivity index (χ1v) is 6.40. The molecule has 0 unspecified atom stereocenters. The van der Waals surface area contributed by atoms with Crippen LogP contribution in [-0.2, 0) is 4.74 Å². The fourth-order valence-electron chi connectivity index (χ4n) is 2.06. The maximum Gasteiger partial charge on any atom is 0.180 e. The number of phenols is 2. The van der Waals surface area contributed by atoms with Crippen LogP contribution < -0.4 is 0 Å². The van der Waals surface area contributed by atoms with E-state index >= 15 is 0 Å². The zero-order valence-electron chi connectivity index (χ0n) is 11.0. The third-order valence-corrected chi connectivity index (χ3v) is 3.27. The van der Waals surface area contributed by atoms with Crippen LogP contribution in [-0.4, -0.2) is 53.7 Å². The molecule has 104 valence electrons. The Balaban J connectivity index is 2.01. The van der Waals surface area contributed by atoms with Gasteiger partial charge in [0.25, 0.3) is 0 Å². The lowest BCUT2D eigenvalue weighted by Crippen LogP contribution is -2.34.